The molecule has 0 bridgehead atoms. The Morgan fingerprint density at radius 2 is 1.89 bits per heavy atom. The van der Waals surface area contributed by atoms with Gasteiger partial charge in [0, 0.05) is 43.8 Å². The number of aliphatic imine (C=N–C) groups is 1. The van der Waals surface area contributed by atoms with Gasteiger partial charge in [0.2, 0.25) is 0 Å². The van der Waals surface area contributed by atoms with E-state index < -0.39 is 0 Å². The maximum Gasteiger partial charge on any atom is 0.251 e. The number of hydrogen-bond acceptors (Lipinski definition) is 6. The molecule has 0 aliphatic heterocycles. The molecule has 0 saturated carbocycles. The molecule has 2 rings (SSSR count). The van der Waals surface area contributed by atoms with Crippen molar-refractivity contribution in [2.75, 3.05) is 20.7 Å². The van der Waals surface area contributed by atoms with Crippen molar-refractivity contribution in [2.45, 2.75) is 66.5 Å². The first-order valence-corrected chi connectivity index (χ1v) is 12.4. The van der Waals surface area contributed by atoms with Gasteiger partial charge in [-0.2, -0.15) is 0 Å². The molecule has 0 unspecified atom stereocenters. The average molecular weight is 486 g/mol. The fourth-order valence-corrected chi connectivity index (χ4v) is 3.66. The number of nitrogens with two attached hydrogens (primary N) is 2. The van der Waals surface area contributed by atoms with E-state index >= 15 is 0 Å². The summed E-state index contributed by atoms with van der Waals surface area (Å²) in [6, 6.07) is 6.06. The minimum absolute atomic E-state index is 0. The van der Waals surface area contributed by atoms with E-state index in [-0.39, 0.29) is 13.4 Å². The Morgan fingerprint density at radius 1 is 1.20 bits per heavy atom. The second kappa shape index (κ2) is 15.0. The van der Waals surface area contributed by atoms with Gasteiger partial charge in [0.05, 0.1) is 12.6 Å². The van der Waals surface area contributed by atoms with Crippen molar-refractivity contribution in [1.29, 1.82) is 0 Å². The molecule has 0 fully saturated rings. The van der Waals surface area contributed by atoms with Gasteiger partial charge in [-0.25, -0.2) is 0 Å². The van der Waals surface area contributed by atoms with E-state index in [0.29, 0.717) is 18.6 Å². The van der Waals surface area contributed by atoms with E-state index in [9.17, 15) is 4.79 Å². The lowest BCUT2D eigenvalue weighted by Crippen LogP contribution is -2.33. The molecule has 7 heteroatoms. The first-order valence-electron chi connectivity index (χ1n) is 12.4. The molecule has 35 heavy (non-hydrogen) atoms. The highest BCUT2D eigenvalue weighted by Gasteiger charge is 2.21. The summed E-state index contributed by atoms with van der Waals surface area (Å²) >= 11 is 0. The number of carbonyl (C=O) groups excluding carboxylic acids is 1. The van der Waals surface area contributed by atoms with Crippen molar-refractivity contribution < 1.29 is 11.0 Å². The first-order chi connectivity index (χ1) is 16.7. The van der Waals surface area contributed by atoms with Crippen LogP contribution in [-0.4, -0.2) is 38.9 Å². The van der Waals surface area contributed by atoms with Crippen LogP contribution < -0.4 is 26.8 Å². The van der Waals surface area contributed by atoms with Gasteiger partial charge < -0.3 is 26.8 Å². The molecule has 0 aromatic heterocycles. The van der Waals surface area contributed by atoms with Gasteiger partial charge in [-0.05, 0) is 88.9 Å². The van der Waals surface area contributed by atoms with E-state index in [1.165, 1.54) is 13.2 Å². The van der Waals surface area contributed by atoms with E-state index in [0.717, 1.165) is 52.1 Å². The van der Waals surface area contributed by atoms with Crippen LogP contribution in [0.5, 0.6) is 5.75 Å². The van der Waals surface area contributed by atoms with Crippen molar-refractivity contribution in [3.63, 3.8) is 0 Å². The molecule has 0 heterocycles. The molecule has 1 aromatic carbocycles. The highest BCUT2D eigenvalue weighted by atomic mass is 16.5. The summed E-state index contributed by atoms with van der Waals surface area (Å²) in [4.78, 5) is 17.3. The van der Waals surface area contributed by atoms with E-state index in [2.05, 4.69) is 42.1 Å². The molecule has 2 atom stereocenters. The number of benzene rings is 1. The third kappa shape index (κ3) is 8.91. The number of allylic oxidation sites excluding steroid dienone is 3. The van der Waals surface area contributed by atoms with Crippen molar-refractivity contribution in [1.82, 2.24) is 10.6 Å². The zero-order valence-corrected chi connectivity index (χ0v) is 22.7. The number of nitrogens with zero attached hydrogens (tertiary/aromatic N) is 1. The number of amides is 1. The Morgan fingerprint density at radius 3 is 2.46 bits per heavy atom. The first kappa shape index (κ1) is 30.0. The summed E-state index contributed by atoms with van der Waals surface area (Å²) in [6.45, 7) is 13.1. The Bertz CT molecular complexity index is 967. The summed E-state index contributed by atoms with van der Waals surface area (Å²) in [6.07, 6.45) is 7.06. The Kier molecular flexibility index (Phi) is 12.9. The van der Waals surface area contributed by atoms with Crippen LogP contribution in [0.1, 0.15) is 73.0 Å². The molecule has 0 radical (unpaired) electrons. The zero-order chi connectivity index (χ0) is 26.5. The largest absolute Gasteiger partial charge is 0.494 e. The molecule has 7 nitrogen and oxygen atoms in total. The van der Waals surface area contributed by atoms with Gasteiger partial charge in [0.15, 0.2) is 0 Å². The predicted octanol–water partition coefficient (Wildman–Crippen LogP) is 4.71. The summed E-state index contributed by atoms with van der Waals surface area (Å²) in [5, 5.41) is 6.74. The minimum Gasteiger partial charge on any atom is -0.494 e. The van der Waals surface area contributed by atoms with Gasteiger partial charge in [-0.15, -0.1) is 0 Å². The third-order valence-corrected chi connectivity index (χ3v) is 6.07. The van der Waals surface area contributed by atoms with Crippen molar-refractivity contribution in [3.05, 3.63) is 58.4 Å². The van der Waals surface area contributed by atoms with Gasteiger partial charge in [-0.1, -0.05) is 19.4 Å². The van der Waals surface area contributed by atoms with Crippen LogP contribution in [0.2, 0.25) is 0 Å². The SMILES string of the molecule is CCOc1cc(/C(C=NC)=C/N)cc([C@@H](C)NC(=O)C2=C(C)CCC(N[C@H](C)C(C)C)=C2)c1.CN.[HH]. The lowest BCUT2D eigenvalue weighted by molar-refractivity contribution is -0.117. The van der Waals surface area contributed by atoms with Crippen molar-refractivity contribution in [3.8, 4) is 5.75 Å². The molecule has 1 aromatic rings. The second-order valence-corrected chi connectivity index (χ2v) is 8.97. The van der Waals surface area contributed by atoms with Crippen LogP contribution in [0.3, 0.4) is 0 Å². The Labute approximate surface area is 213 Å². The average Bonchev–Trinajstić information content (AvgIpc) is 2.84. The number of carbonyl (C=O) groups is 1. The standard InChI is InChI=1S/C27H40N4O2.CH5N.H2/c1-8-33-25-12-21(11-22(13-25)23(15-28)16-29-7)20(6)31-27(32)26-14-24(10-9-18(26)4)30-19(5)17(2)3;1-2;/h11-17,19-20,30H,8-10,28H2,1-7H3,(H,31,32);2H2,1H3;1H/b23-15+,29-16?;;/t19-,20-;;/m1../s1. The van der Waals surface area contributed by atoms with Gasteiger partial charge >= 0.3 is 0 Å². The quantitative estimate of drug-likeness (QED) is 0.358. The summed E-state index contributed by atoms with van der Waals surface area (Å²) in [7, 11) is 3.21. The molecule has 1 aliphatic carbocycles. The monoisotopic (exact) mass is 485 g/mol. The van der Waals surface area contributed by atoms with Crippen molar-refractivity contribution >= 4 is 17.7 Å². The van der Waals surface area contributed by atoms with Gasteiger partial charge in [0.25, 0.3) is 5.91 Å². The Balaban J connectivity index is 0.00000398. The molecule has 1 amide bonds. The lowest BCUT2D eigenvalue weighted by Gasteiger charge is -2.25. The summed E-state index contributed by atoms with van der Waals surface area (Å²) in [5.74, 6) is 1.19. The minimum atomic E-state index is -0.212. The van der Waals surface area contributed by atoms with E-state index in [1.54, 1.807) is 13.3 Å². The summed E-state index contributed by atoms with van der Waals surface area (Å²) < 4.78 is 5.77. The molecular weight excluding hydrogens is 438 g/mol. The molecule has 196 valence electrons. The zero-order valence-electron chi connectivity index (χ0n) is 22.7. The van der Waals surface area contributed by atoms with Crippen LogP contribution in [0.4, 0.5) is 0 Å². The van der Waals surface area contributed by atoms with Gasteiger partial charge in [0.1, 0.15) is 5.75 Å². The maximum absolute atomic E-state index is 13.2. The smallest absolute Gasteiger partial charge is 0.251 e. The van der Waals surface area contributed by atoms with Crippen molar-refractivity contribution in [2.24, 2.45) is 22.4 Å². The second-order valence-electron chi connectivity index (χ2n) is 8.97. The normalized spacial score (nSPS) is 15.8. The number of nitrogens with one attached hydrogen (secondary N) is 2. The molecule has 0 saturated heterocycles. The molecule has 6 N–H and O–H groups in total. The summed E-state index contributed by atoms with van der Waals surface area (Å²) in [5.41, 5.74) is 15.9. The Hall–Kier alpha value is -3.06. The number of ether oxygens (including phenoxy) is 1. The van der Waals surface area contributed by atoms with Crippen LogP contribution >= 0.6 is 0 Å². The molecule has 0 spiro atoms. The lowest BCUT2D eigenvalue weighted by atomic mass is 9.94. The molecule has 1 aliphatic rings. The highest BCUT2D eigenvalue weighted by molar-refractivity contribution is 6.09. The topological polar surface area (TPSA) is 115 Å². The van der Waals surface area contributed by atoms with Crippen LogP contribution in [0, 0.1) is 5.92 Å². The fraction of sp³-hybridized carbons (Fsp3) is 0.500. The number of hydrogen-bond donors (Lipinski definition) is 4. The van der Waals surface area contributed by atoms with Crippen LogP contribution in [0.25, 0.3) is 5.57 Å². The molecular formula is C28H47N5O2. The predicted molar refractivity (Wildman–Crippen MR) is 150 cm³/mol. The van der Waals surface area contributed by atoms with Crippen LogP contribution in [-0.2, 0) is 4.79 Å². The van der Waals surface area contributed by atoms with Gasteiger partial charge in [-0.3, -0.25) is 9.79 Å². The highest BCUT2D eigenvalue weighted by Crippen LogP contribution is 2.28. The van der Waals surface area contributed by atoms with Crippen LogP contribution in [0.15, 0.2) is 52.3 Å². The fourth-order valence-electron chi connectivity index (χ4n) is 3.66. The van der Waals surface area contributed by atoms with E-state index in [1.807, 2.05) is 45.0 Å². The number of rotatable bonds is 10. The third-order valence-electron chi connectivity index (χ3n) is 6.07. The van der Waals surface area contributed by atoms with E-state index in [4.69, 9.17) is 10.5 Å². The maximum atomic E-state index is 13.2.